The first-order chi connectivity index (χ1) is 6.16. The van der Waals surface area contributed by atoms with Gasteiger partial charge in [0.05, 0.1) is 25.2 Å². The van der Waals surface area contributed by atoms with E-state index in [2.05, 4.69) is 26.8 Å². The molecule has 1 atom stereocenters. The Morgan fingerprint density at radius 2 is 2.08 bits per heavy atom. The molecule has 0 radical (unpaired) electrons. The standard InChI is InChI=1S/C11H19NO/c1-4-5-11(7-13-8-11)10(6-12)9(2)3/h9-10H,4-5,7-8H2,1-3H3. The van der Waals surface area contributed by atoms with E-state index in [4.69, 9.17) is 10.00 Å². The van der Waals surface area contributed by atoms with Gasteiger partial charge < -0.3 is 4.74 Å². The molecule has 1 fully saturated rings. The van der Waals surface area contributed by atoms with Crippen LogP contribution >= 0.6 is 0 Å². The Hall–Kier alpha value is -0.550. The zero-order chi connectivity index (χ0) is 9.90. The van der Waals surface area contributed by atoms with E-state index in [1.54, 1.807) is 0 Å². The molecule has 1 unspecified atom stereocenters. The van der Waals surface area contributed by atoms with Crippen molar-refractivity contribution in [3.05, 3.63) is 0 Å². The van der Waals surface area contributed by atoms with E-state index in [1.807, 2.05) is 0 Å². The summed E-state index contributed by atoms with van der Waals surface area (Å²) in [5, 5.41) is 9.12. The molecular weight excluding hydrogens is 162 g/mol. The highest BCUT2D eigenvalue weighted by atomic mass is 16.5. The minimum absolute atomic E-state index is 0.168. The van der Waals surface area contributed by atoms with Gasteiger partial charge in [0.2, 0.25) is 0 Å². The van der Waals surface area contributed by atoms with Crippen LogP contribution in [-0.4, -0.2) is 13.2 Å². The van der Waals surface area contributed by atoms with Gasteiger partial charge in [-0.15, -0.1) is 0 Å². The van der Waals surface area contributed by atoms with Crippen LogP contribution in [0.4, 0.5) is 0 Å². The monoisotopic (exact) mass is 181 g/mol. The summed E-state index contributed by atoms with van der Waals surface area (Å²) in [5.41, 5.74) is 0.178. The van der Waals surface area contributed by atoms with E-state index in [0.717, 1.165) is 26.1 Å². The SMILES string of the molecule is CCCC1(C(C#N)C(C)C)COC1. The average Bonchev–Trinajstić information content (AvgIpc) is 2.00. The molecule has 1 aliphatic rings. The van der Waals surface area contributed by atoms with Gasteiger partial charge in [-0.3, -0.25) is 0 Å². The zero-order valence-electron chi connectivity index (χ0n) is 8.84. The van der Waals surface area contributed by atoms with Gasteiger partial charge in [-0.2, -0.15) is 5.26 Å². The molecule has 1 heterocycles. The summed E-state index contributed by atoms with van der Waals surface area (Å²) in [7, 11) is 0. The molecule has 0 aromatic heterocycles. The summed E-state index contributed by atoms with van der Waals surface area (Å²) in [4.78, 5) is 0. The Morgan fingerprint density at radius 3 is 2.31 bits per heavy atom. The Kier molecular flexibility index (Phi) is 3.33. The van der Waals surface area contributed by atoms with Gasteiger partial charge in [0, 0.05) is 5.41 Å². The maximum Gasteiger partial charge on any atom is 0.0666 e. The van der Waals surface area contributed by atoms with Crippen molar-refractivity contribution in [1.82, 2.24) is 0 Å². The molecule has 74 valence electrons. The van der Waals surface area contributed by atoms with Crippen LogP contribution in [0.1, 0.15) is 33.6 Å². The molecule has 0 spiro atoms. The maximum atomic E-state index is 9.12. The Labute approximate surface area is 80.9 Å². The first-order valence-electron chi connectivity index (χ1n) is 5.13. The lowest BCUT2D eigenvalue weighted by atomic mass is 9.67. The van der Waals surface area contributed by atoms with Crippen LogP contribution in [0.2, 0.25) is 0 Å². The summed E-state index contributed by atoms with van der Waals surface area (Å²) < 4.78 is 5.27. The summed E-state index contributed by atoms with van der Waals surface area (Å²) in [6.45, 7) is 8.01. The Morgan fingerprint density at radius 1 is 1.46 bits per heavy atom. The topological polar surface area (TPSA) is 33.0 Å². The van der Waals surface area contributed by atoms with Gasteiger partial charge in [0.1, 0.15) is 0 Å². The fourth-order valence-electron chi connectivity index (χ4n) is 2.33. The van der Waals surface area contributed by atoms with Crippen molar-refractivity contribution in [2.45, 2.75) is 33.6 Å². The van der Waals surface area contributed by atoms with E-state index < -0.39 is 0 Å². The molecule has 0 amide bonds. The number of rotatable bonds is 4. The van der Waals surface area contributed by atoms with E-state index in [-0.39, 0.29) is 11.3 Å². The third kappa shape index (κ3) is 1.86. The van der Waals surface area contributed by atoms with Crippen molar-refractivity contribution in [3.8, 4) is 6.07 Å². The second-order valence-electron chi connectivity index (χ2n) is 4.46. The van der Waals surface area contributed by atoms with Gasteiger partial charge in [-0.1, -0.05) is 27.2 Å². The molecule has 13 heavy (non-hydrogen) atoms. The van der Waals surface area contributed by atoms with E-state index >= 15 is 0 Å². The molecule has 1 aliphatic heterocycles. The average molecular weight is 181 g/mol. The summed E-state index contributed by atoms with van der Waals surface area (Å²) in [6.07, 6.45) is 2.28. The lowest BCUT2D eigenvalue weighted by Gasteiger charge is -2.46. The van der Waals surface area contributed by atoms with Crippen molar-refractivity contribution >= 4 is 0 Å². The largest absolute Gasteiger partial charge is 0.380 e. The van der Waals surface area contributed by atoms with Crippen LogP contribution in [-0.2, 0) is 4.74 Å². The van der Waals surface area contributed by atoms with Crippen molar-refractivity contribution in [3.63, 3.8) is 0 Å². The molecule has 0 N–H and O–H groups in total. The van der Waals surface area contributed by atoms with E-state index in [1.165, 1.54) is 0 Å². The van der Waals surface area contributed by atoms with Crippen LogP contribution in [0.25, 0.3) is 0 Å². The second kappa shape index (κ2) is 4.11. The van der Waals surface area contributed by atoms with Crippen LogP contribution < -0.4 is 0 Å². The van der Waals surface area contributed by atoms with Gasteiger partial charge in [0.25, 0.3) is 0 Å². The Balaban J connectivity index is 2.69. The van der Waals surface area contributed by atoms with Crippen molar-refractivity contribution < 1.29 is 4.74 Å². The molecule has 1 rings (SSSR count). The van der Waals surface area contributed by atoms with E-state index in [0.29, 0.717) is 5.92 Å². The smallest absolute Gasteiger partial charge is 0.0666 e. The molecular formula is C11H19NO. The lowest BCUT2D eigenvalue weighted by Crippen LogP contribution is -2.49. The third-order valence-corrected chi connectivity index (χ3v) is 2.99. The molecule has 0 saturated carbocycles. The first kappa shape index (κ1) is 10.5. The van der Waals surface area contributed by atoms with Crippen molar-refractivity contribution in [2.24, 2.45) is 17.3 Å². The highest BCUT2D eigenvalue weighted by molar-refractivity contribution is 5.02. The number of ether oxygens (including phenoxy) is 1. The summed E-state index contributed by atoms with van der Waals surface area (Å²) in [6, 6.07) is 2.45. The summed E-state index contributed by atoms with van der Waals surface area (Å²) in [5.74, 6) is 0.613. The molecule has 0 aromatic rings. The molecule has 0 aromatic carbocycles. The van der Waals surface area contributed by atoms with Crippen LogP contribution in [0.5, 0.6) is 0 Å². The van der Waals surface area contributed by atoms with Crippen LogP contribution in [0.3, 0.4) is 0 Å². The normalized spacial score (nSPS) is 22.1. The maximum absolute atomic E-state index is 9.12. The lowest BCUT2D eigenvalue weighted by molar-refractivity contribution is -0.146. The molecule has 1 saturated heterocycles. The van der Waals surface area contributed by atoms with Gasteiger partial charge in [0.15, 0.2) is 0 Å². The number of hydrogen-bond donors (Lipinski definition) is 0. The van der Waals surface area contributed by atoms with E-state index in [9.17, 15) is 0 Å². The second-order valence-corrected chi connectivity index (χ2v) is 4.46. The van der Waals surface area contributed by atoms with Gasteiger partial charge in [-0.25, -0.2) is 0 Å². The summed E-state index contributed by atoms with van der Waals surface area (Å²) >= 11 is 0. The zero-order valence-corrected chi connectivity index (χ0v) is 8.84. The highest BCUT2D eigenvalue weighted by Crippen LogP contribution is 2.43. The molecule has 0 bridgehead atoms. The fraction of sp³-hybridized carbons (Fsp3) is 0.909. The van der Waals surface area contributed by atoms with Crippen molar-refractivity contribution in [1.29, 1.82) is 5.26 Å². The quantitative estimate of drug-likeness (QED) is 0.668. The predicted octanol–water partition coefficient (Wildman–Crippen LogP) is 2.60. The number of nitrogens with zero attached hydrogens (tertiary/aromatic N) is 1. The Bertz CT molecular complexity index is 201. The molecule has 0 aliphatic carbocycles. The minimum atomic E-state index is 0.168. The number of nitriles is 1. The molecule has 2 heteroatoms. The van der Waals surface area contributed by atoms with Gasteiger partial charge in [-0.05, 0) is 12.3 Å². The first-order valence-corrected chi connectivity index (χ1v) is 5.13. The number of hydrogen-bond acceptors (Lipinski definition) is 2. The highest BCUT2D eigenvalue weighted by Gasteiger charge is 2.46. The minimum Gasteiger partial charge on any atom is -0.380 e. The van der Waals surface area contributed by atoms with Crippen LogP contribution in [0, 0.1) is 28.6 Å². The third-order valence-electron chi connectivity index (χ3n) is 2.99. The van der Waals surface area contributed by atoms with Crippen LogP contribution in [0.15, 0.2) is 0 Å². The molecule has 2 nitrogen and oxygen atoms in total. The van der Waals surface area contributed by atoms with Crippen molar-refractivity contribution in [2.75, 3.05) is 13.2 Å². The van der Waals surface area contributed by atoms with Gasteiger partial charge >= 0.3 is 0 Å². The fourth-order valence-corrected chi connectivity index (χ4v) is 2.33. The predicted molar refractivity (Wildman–Crippen MR) is 52.1 cm³/mol.